The lowest BCUT2D eigenvalue weighted by Gasteiger charge is -2.27. The van der Waals surface area contributed by atoms with Crippen molar-refractivity contribution in [3.63, 3.8) is 0 Å². The molecular formula is C22H27F3N4O2. The van der Waals surface area contributed by atoms with E-state index < -0.39 is 12.6 Å². The van der Waals surface area contributed by atoms with E-state index in [1.165, 1.54) is 9.58 Å². The molecule has 31 heavy (non-hydrogen) atoms. The van der Waals surface area contributed by atoms with E-state index >= 15 is 0 Å². The van der Waals surface area contributed by atoms with Gasteiger partial charge in [-0.25, -0.2) is 0 Å². The van der Waals surface area contributed by atoms with Gasteiger partial charge in [-0.1, -0.05) is 30.4 Å². The maximum atomic E-state index is 12.7. The zero-order valence-electron chi connectivity index (χ0n) is 17.9. The molecule has 0 spiro atoms. The number of carbonyl (C=O) groups is 1. The second-order valence-corrected chi connectivity index (χ2v) is 7.69. The summed E-state index contributed by atoms with van der Waals surface area (Å²) >= 11 is 0. The average Bonchev–Trinajstić information content (AvgIpc) is 3.09. The summed E-state index contributed by atoms with van der Waals surface area (Å²) in [5, 5.41) is 4.27. The van der Waals surface area contributed by atoms with Crippen molar-refractivity contribution in [3.05, 3.63) is 52.9 Å². The monoisotopic (exact) mass is 436 g/mol. The van der Waals surface area contributed by atoms with Crippen molar-refractivity contribution < 1.29 is 22.7 Å². The normalized spacial score (nSPS) is 14.6. The van der Waals surface area contributed by atoms with Crippen LogP contribution in [0.25, 0.3) is 6.08 Å². The zero-order chi connectivity index (χ0) is 22.6. The van der Waals surface area contributed by atoms with Crippen molar-refractivity contribution in [2.24, 2.45) is 0 Å². The summed E-state index contributed by atoms with van der Waals surface area (Å²) < 4.78 is 44.9. The largest absolute Gasteiger partial charge is 0.496 e. The molecule has 0 saturated carbocycles. The summed E-state index contributed by atoms with van der Waals surface area (Å²) in [6.45, 7) is 1.50. The first-order chi connectivity index (χ1) is 14.7. The third-order valence-corrected chi connectivity index (χ3v) is 5.23. The molecule has 0 bridgehead atoms. The Kier molecular flexibility index (Phi) is 7.04. The van der Waals surface area contributed by atoms with Gasteiger partial charge in [0.05, 0.1) is 13.5 Å². The Balaban J connectivity index is 1.77. The van der Waals surface area contributed by atoms with Crippen molar-refractivity contribution in [2.75, 3.05) is 34.3 Å². The van der Waals surface area contributed by atoms with Gasteiger partial charge in [0.25, 0.3) is 5.91 Å². The molecule has 168 valence electrons. The van der Waals surface area contributed by atoms with Gasteiger partial charge >= 0.3 is 6.18 Å². The standard InChI is InChI=1S/C22H27F3N4O2/c1-27(2)21(30)20-17-15-28(12-6-8-16-7-4-5-9-19(16)31-3)13-10-18(17)29(26-20)14-11-22(23,24)25/h4-9H,10-15H2,1-3H3/b8-6+. The molecule has 1 aromatic carbocycles. The van der Waals surface area contributed by atoms with Gasteiger partial charge < -0.3 is 9.64 Å². The fraction of sp³-hybridized carbons (Fsp3) is 0.455. The highest BCUT2D eigenvalue weighted by atomic mass is 19.4. The summed E-state index contributed by atoms with van der Waals surface area (Å²) in [6, 6.07) is 7.69. The van der Waals surface area contributed by atoms with E-state index in [1.54, 1.807) is 21.2 Å². The van der Waals surface area contributed by atoms with Crippen molar-refractivity contribution in [1.82, 2.24) is 19.6 Å². The highest BCUT2D eigenvalue weighted by Gasteiger charge is 2.31. The number of halogens is 3. The predicted octanol–water partition coefficient (Wildman–Crippen LogP) is 3.62. The van der Waals surface area contributed by atoms with Crippen LogP contribution in [0.2, 0.25) is 0 Å². The van der Waals surface area contributed by atoms with Crippen LogP contribution in [0.5, 0.6) is 5.75 Å². The van der Waals surface area contributed by atoms with Gasteiger partial charge in [0.1, 0.15) is 5.75 Å². The molecule has 1 aliphatic rings. The first kappa shape index (κ1) is 22.9. The van der Waals surface area contributed by atoms with Crippen molar-refractivity contribution in [2.45, 2.75) is 32.1 Å². The molecule has 3 rings (SSSR count). The summed E-state index contributed by atoms with van der Waals surface area (Å²) in [5.41, 5.74) is 2.64. The van der Waals surface area contributed by atoms with Crippen LogP contribution >= 0.6 is 0 Å². The Morgan fingerprint density at radius 1 is 1.29 bits per heavy atom. The Labute approximate surface area is 179 Å². The van der Waals surface area contributed by atoms with E-state index in [9.17, 15) is 18.0 Å². The van der Waals surface area contributed by atoms with Crippen LogP contribution in [-0.2, 0) is 19.5 Å². The second-order valence-electron chi connectivity index (χ2n) is 7.69. The molecule has 2 heterocycles. The molecule has 1 amide bonds. The molecule has 1 aliphatic heterocycles. The van der Waals surface area contributed by atoms with Crippen LogP contribution in [0.4, 0.5) is 13.2 Å². The number of amides is 1. The van der Waals surface area contributed by atoms with Crippen molar-refractivity contribution >= 4 is 12.0 Å². The molecule has 0 saturated heterocycles. The quantitative estimate of drug-likeness (QED) is 0.665. The number of ether oxygens (including phenoxy) is 1. The molecule has 2 aromatic rings. The third-order valence-electron chi connectivity index (χ3n) is 5.23. The SMILES string of the molecule is COc1ccccc1/C=C/CN1CCc2c(c(C(=O)N(C)C)nn2CCC(F)(F)F)C1. The zero-order valence-corrected chi connectivity index (χ0v) is 17.9. The van der Waals surface area contributed by atoms with Crippen LogP contribution in [0.1, 0.15) is 33.7 Å². The van der Waals surface area contributed by atoms with Crippen molar-refractivity contribution in [1.29, 1.82) is 0 Å². The Bertz CT molecular complexity index is 951. The minimum atomic E-state index is -4.27. The van der Waals surface area contributed by atoms with E-state index in [2.05, 4.69) is 10.00 Å². The molecule has 0 atom stereocenters. The molecule has 0 radical (unpaired) electrons. The minimum absolute atomic E-state index is 0.237. The van der Waals surface area contributed by atoms with Crippen LogP contribution in [0.3, 0.4) is 0 Å². The second kappa shape index (κ2) is 9.55. The Morgan fingerprint density at radius 3 is 2.71 bits per heavy atom. The lowest BCUT2D eigenvalue weighted by Crippen LogP contribution is -2.32. The number of alkyl halides is 3. The van der Waals surface area contributed by atoms with Crippen LogP contribution in [0, 0.1) is 0 Å². The molecule has 1 aromatic heterocycles. The maximum absolute atomic E-state index is 12.7. The highest BCUT2D eigenvalue weighted by molar-refractivity contribution is 5.93. The number of hydrogen-bond acceptors (Lipinski definition) is 4. The first-order valence-electron chi connectivity index (χ1n) is 10.1. The number of rotatable bonds is 7. The summed E-state index contributed by atoms with van der Waals surface area (Å²) in [6.07, 6.45) is -0.697. The average molecular weight is 436 g/mol. The molecule has 0 aliphatic carbocycles. The number of aryl methyl sites for hydroxylation is 1. The molecule has 6 nitrogen and oxygen atoms in total. The predicted molar refractivity (Wildman–Crippen MR) is 112 cm³/mol. The summed E-state index contributed by atoms with van der Waals surface area (Å²) in [7, 11) is 4.85. The number of aromatic nitrogens is 2. The van der Waals surface area contributed by atoms with Gasteiger partial charge in [0.15, 0.2) is 5.69 Å². The van der Waals surface area contributed by atoms with Crippen molar-refractivity contribution in [3.8, 4) is 5.75 Å². The molecule has 0 unspecified atom stereocenters. The van der Waals surface area contributed by atoms with Crippen LogP contribution < -0.4 is 4.74 Å². The van der Waals surface area contributed by atoms with E-state index in [1.807, 2.05) is 36.4 Å². The highest BCUT2D eigenvalue weighted by Crippen LogP contribution is 2.26. The molecule has 0 N–H and O–H groups in total. The smallest absolute Gasteiger partial charge is 0.390 e. The number of fused-ring (bicyclic) bond motifs is 1. The molecular weight excluding hydrogens is 409 g/mol. The van der Waals surface area contributed by atoms with Crippen LogP contribution in [0.15, 0.2) is 30.3 Å². The number of para-hydroxylation sites is 1. The lowest BCUT2D eigenvalue weighted by molar-refractivity contribution is -0.137. The number of carbonyl (C=O) groups excluding carboxylic acids is 1. The number of methoxy groups -OCH3 is 1. The summed E-state index contributed by atoms with van der Waals surface area (Å²) in [5.74, 6) is 0.484. The van der Waals surface area contributed by atoms with Gasteiger partial charge in [-0.15, -0.1) is 0 Å². The van der Waals surface area contributed by atoms with E-state index in [-0.39, 0.29) is 18.1 Å². The van der Waals surface area contributed by atoms with Gasteiger partial charge in [0.2, 0.25) is 0 Å². The van der Waals surface area contributed by atoms with Gasteiger partial charge in [0, 0.05) is 63.5 Å². The molecule has 0 fully saturated rings. The van der Waals surface area contributed by atoms with Crippen LogP contribution in [-0.4, -0.2) is 66.0 Å². The number of nitrogens with zero attached hydrogens (tertiary/aromatic N) is 4. The fourth-order valence-electron chi connectivity index (χ4n) is 3.64. The number of hydrogen-bond donors (Lipinski definition) is 0. The fourth-order valence-corrected chi connectivity index (χ4v) is 3.64. The van der Waals surface area contributed by atoms with E-state index in [0.717, 1.165) is 22.6 Å². The summed E-state index contributed by atoms with van der Waals surface area (Å²) in [4.78, 5) is 16.1. The topological polar surface area (TPSA) is 50.6 Å². The third kappa shape index (κ3) is 5.66. The number of benzene rings is 1. The van der Waals surface area contributed by atoms with E-state index in [4.69, 9.17) is 4.74 Å². The van der Waals surface area contributed by atoms with Gasteiger partial charge in [-0.05, 0) is 6.07 Å². The first-order valence-corrected chi connectivity index (χ1v) is 10.1. The van der Waals surface area contributed by atoms with Gasteiger partial charge in [-0.2, -0.15) is 18.3 Å². The molecule has 9 heteroatoms. The minimum Gasteiger partial charge on any atom is -0.496 e. The van der Waals surface area contributed by atoms with Gasteiger partial charge in [-0.3, -0.25) is 14.4 Å². The Morgan fingerprint density at radius 2 is 2.03 bits per heavy atom. The lowest BCUT2D eigenvalue weighted by atomic mass is 10.0. The maximum Gasteiger partial charge on any atom is 0.390 e. The Hall–Kier alpha value is -2.81. The van der Waals surface area contributed by atoms with E-state index in [0.29, 0.717) is 26.1 Å².